The van der Waals surface area contributed by atoms with Gasteiger partial charge in [-0.3, -0.25) is 4.68 Å². The summed E-state index contributed by atoms with van der Waals surface area (Å²) in [6.45, 7) is 2.24. The lowest BCUT2D eigenvalue weighted by Crippen LogP contribution is -2.18. The number of carboxylic acid groups (broad SMARTS) is 1. The van der Waals surface area contributed by atoms with Gasteiger partial charge in [0.05, 0.1) is 17.8 Å². The fourth-order valence-electron chi connectivity index (χ4n) is 2.47. The van der Waals surface area contributed by atoms with Crippen molar-refractivity contribution in [1.82, 2.24) is 9.78 Å². The van der Waals surface area contributed by atoms with Crippen LogP contribution in [0.2, 0.25) is 0 Å². The molecule has 0 atom stereocenters. The molecule has 1 saturated carbocycles. The summed E-state index contributed by atoms with van der Waals surface area (Å²) in [5.74, 6) is -0.0424. The lowest BCUT2D eigenvalue weighted by Gasteiger charge is -2.27. The zero-order valence-electron chi connectivity index (χ0n) is 9.59. The largest absolute Gasteiger partial charge is 0.478 e. The second-order valence-corrected chi connectivity index (χ2v) is 4.60. The average molecular weight is 222 g/mol. The molecule has 1 aliphatic rings. The number of aromatic carboxylic acids is 1. The molecule has 0 spiro atoms. The first-order valence-electron chi connectivity index (χ1n) is 5.98. The third-order valence-electron chi connectivity index (χ3n) is 3.62. The molecule has 0 radical (unpaired) electrons. The minimum Gasteiger partial charge on any atom is -0.478 e. The van der Waals surface area contributed by atoms with Gasteiger partial charge in [-0.15, -0.1) is 0 Å². The summed E-state index contributed by atoms with van der Waals surface area (Å²) in [5.41, 5.74) is 0.289. The van der Waals surface area contributed by atoms with Crippen LogP contribution in [0.5, 0.6) is 0 Å². The van der Waals surface area contributed by atoms with E-state index in [4.69, 9.17) is 5.11 Å². The minimum atomic E-state index is -0.895. The van der Waals surface area contributed by atoms with Gasteiger partial charge in [-0.1, -0.05) is 13.3 Å². The number of carbonyl (C=O) groups is 1. The second-order valence-electron chi connectivity index (χ2n) is 4.60. The van der Waals surface area contributed by atoms with Gasteiger partial charge in [-0.2, -0.15) is 5.10 Å². The van der Waals surface area contributed by atoms with Crippen molar-refractivity contribution in [3.63, 3.8) is 0 Å². The Morgan fingerprint density at radius 1 is 1.50 bits per heavy atom. The monoisotopic (exact) mass is 222 g/mol. The molecule has 16 heavy (non-hydrogen) atoms. The summed E-state index contributed by atoms with van der Waals surface area (Å²) in [6, 6.07) is 0.399. The summed E-state index contributed by atoms with van der Waals surface area (Å²) in [4.78, 5) is 10.7. The second kappa shape index (κ2) is 4.68. The van der Waals surface area contributed by atoms with Crippen LogP contribution in [-0.4, -0.2) is 20.9 Å². The van der Waals surface area contributed by atoms with Crippen molar-refractivity contribution in [2.75, 3.05) is 0 Å². The quantitative estimate of drug-likeness (QED) is 0.855. The van der Waals surface area contributed by atoms with Crippen LogP contribution in [0.15, 0.2) is 12.4 Å². The molecule has 0 aromatic carbocycles. The van der Waals surface area contributed by atoms with Crippen LogP contribution in [0.4, 0.5) is 0 Å². The molecule has 0 unspecified atom stereocenters. The summed E-state index contributed by atoms with van der Waals surface area (Å²) in [5, 5.41) is 13.0. The highest BCUT2D eigenvalue weighted by Gasteiger charge is 2.22. The standard InChI is InChI=1S/C12H18N2O2/c1-2-9-3-5-11(6-4-9)14-8-10(7-13-14)12(15)16/h7-9,11H,2-6H2,1H3,(H,15,16). The number of aromatic nitrogens is 2. The first-order valence-corrected chi connectivity index (χ1v) is 5.98. The molecule has 0 saturated heterocycles. The molecule has 1 N–H and O–H groups in total. The zero-order chi connectivity index (χ0) is 11.5. The van der Waals surface area contributed by atoms with E-state index in [1.165, 1.54) is 25.5 Å². The number of hydrogen-bond donors (Lipinski definition) is 1. The Kier molecular flexibility index (Phi) is 3.27. The first kappa shape index (κ1) is 11.2. The molecule has 1 aliphatic carbocycles. The van der Waals surface area contributed by atoms with Gasteiger partial charge >= 0.3 is 5.97 Å². The van der Waals surface area contributed by atoms with Crippen molar-refractivity contribution >= 4 is 5.97 Å². The van der Waals surface area contributed by atoms with Crippen LogP contribution < -0.4 is 0 Å². The molecule has 1 aromatic heterocycles. The summed E-state index contributed by atoms with van der Waals surface area (Å²) < 4.78 is 1.83. The number of rotatable bonds is 3. The predicted octanol–water partition coefficient (Wildman–Crippen LogP) is 2.72. The maximum Gasteiger partial charge on any atom is 0.338 e. The van der Waals surface area contributed by atoms with E-state index >= 15 is 0 Å². The smallest absolute Gasteiger partial charge is 0.338 e. The molecule has 2 rings (SSSR count). The highest BCUT2D eigenvalue weighted by Crippen LogP contribution is 2.33. The molecular formula is C12H18N2O2. The van der Waals surface area contributed by atoms with E-state index < -0.39 is 5.97 Å². The van der Waals surface area contributed by atoms with E-state index in [1.54, 1.807) is 6.20 Å². The van der Waals surface area contributed by atoms with Crippen LogP contribution >= 0.6 is 0 Å². The van der Waals surface area contributed by atoms with Crippen molar-refractivity contribution in [2.45, 2.75) is 45.1 Å². The normalized spacial score (nSPS) is 25.6. The summed E-state index contributed by atoms with van der Waals surface area (Å²) >= 11 is 0. The number of nitrogens with zero attached hydrogens (tertiary/aromatic N) is 2. The Morgan fingerprint density at radius 3 is 2.69 bits per heavy atom. The molecular weight excluding hydrogens is 204 g/mol. The van der Waals surface area contributed by atoms with Crippen LogP contribution in [0.1, 0.15) is 55.4 Å². The van der Waals surface area contributed by atoms with Crippen LogP contribution in [0, 0.1) is 5.92 Å². The van der Waals surface area contributed by atoms with Gasteiger partial charge in [0.2, 0.25) is 0 Å². The van der Waals surface area contributed by atoms with Gasteiger partial charge in [-0.05, 0) is 31.6 Å². The van der Waals surface area contributed by atoms with Gasteiger partial charge in [0.1, 0.15) is 0 Å². The van der Waals surface area contributed by atoms with Crippen LogP contribution in [-0.2, 0) is 0 Å². The van der Waals surface area contributed by atoms with Gasteiger partial charge in [0.25, 0.3) is 0 Å². The van der Waals surface area contributed by atoms with E-state index in [0.717, 1.165) is 18.8 Å². The SMILES string of the molecule is CCC1CCC(n2cc(C(=O)O)cn2)CC1. The van der Waals surface area contributed by atoms with Crippen molar-refractivity contribution in [3.8, 4) is 0 Å². The Hall–Kier alpha value is -1.32. The topological polar surface area (TPSA) is 55.1 Å². The van der Waals surface area contributed by atoms with Gasteiger partial charge in [0, 0.05) is 6.20 Å². The Morgan fingerprint density at radius 2 is 2.19 bits per heavy atom. The molecule has 0 amide bonds. The van der Waals surface area contributed by atoms with E-state index in [-0.39, 0.29) is 5.56 Å². The third-order valence-corrected chi connectivity index (χ3v) is 3.62. The van der Waals surface area contributed by atoms with E-state index in [1.807, 2.05) is 4.68 Å². The number of carboxylic acids is 1. The maximum absolute atomic E-state index is 10.7. The molecule has 1 fully saturated rings. The Bertz CT molecular complexity index is 365. The van der Waals surface area contributed by atoms with E-state index in [0.29, 0.717) is 6.04 Å². The molecule has 0 bridgehead atoms. The van der Waals surface area contributed by atoms with E-state index in [2.05, 4.69) is 12.0 Å². The average Bonchev–Trinajstić information content (AvgIpc) is 2.78. The predicted molar refractivity (Wildman–Crippen MR) is 60.5 cm³/mol. The molecule has 88 valence electrons. The Labute approximate surface area is 95.3 Å². The fraction of sp³-hybridized carbons (Fsp3) is 0.667. The lowest BCUT2D eigenvalue weighted by atomic mass is 9.85. The van der Waals surface area contributed by atoms with Gasteiger partial charge in [0.15, 0.2) is 0 Å². The fourth-order valence-corrected chi connectivity index (χ4v) is 2.47. The minimum absolute atomic E-state index is 0.289. The summed E-state index contributed by atoms with van der Waals surface area (Å²) in [6.07, 6.45) is 9.07. The molecule has 4 nitrogen and oxygen atoms in total. The zero-order valence-corrected chi connectivity index (χ0v) is 9.59. The van der Waals surface area contributed by atoms with Gasteiger partial charge in [-0.25, -0.2) is 4.79 Å². The first-order chi connectivity index (χ1) is 7.70. The summed E-state index contributed by atoms with van der Waals surface area (Å²) in [7, 11) is 0. The highest BCUT2D eigenvalue weighted by molar-refractivity contribution is 5.86. The molecule has 0 aliphatic heterocycles. The van der Waals surface area contributed by atoms with Crippen LogP contribution in [0.3, 0.4) is 0 Å². The Balaban J connectivity index is 2.00. The molecule has 4 heteroatoms. The van der Waals surface area contributed by atoms with Crippen LogP contribution in [0.25, 0.3) is 0 Å². The lowest BCUT2D eigenvalue weighted by molar-refractivity contribution is 0.0696. The molecule has 1 heterocycles. The number of hydrogen-bond acceptors (Lipinski definition) is 2. The highest BCUT2D eigenvalue weighted by atomic mass is 16.4. The van der Waals surface area contributed by atoms with Crippen molar-refractivity contribution in [2.24, 2.45) is 5.92 Å². The maximum atomic E-state index is 10.7. The van der Waals surface area contributed by atoms with Crippen molar-refractivity contribution in [3.05, 3.63) is 18.0 Å². The van der Waals surface area contributed by atoms with Crippen molar-refractivity contribution in [1.29, 1.82) is 0 Å². The third kappa shape index (κ3) is 2.26. The van der Waals surface area contributed by atoms with Crippen molar-refractivity contribution < 1.29 is 9.90 Å². The molecule has 1 aromatic rings. The van der Waals surface area contributed by atoms with Gasteiger partial charge < -0.3 is 5.11 Å². The van der Waals surface area contributed by atoms with E-state index in [9.17, 15) is 4.79 Å².